The molecule has 0 aromatic carbocycles. The lowest BCUT2D eigenvalue weighted by molar-refractivity contribution is -0.0741. The maximum atomic E-state index is 13.1. The SMILES string of the molecule is COC[C@@]12C[C@@H](F)CN1[C@@H](C)C2. The molecule has 2 aliphatic heterocycles. The fraction of sp³-hybridized carbons (Fsp3) is 1.00. The zero-order valence-electron chi connectivity index (χ0n) is 7.72. The van der Waals surface area contributed by atoms with Gasteiger partial charge in [-0.15, -0.1) is 0 Å². The number of nitrogens with zero attached hydrogens (tertiary/aromatic N) is 1. The standard InChI is InChI=1S/C9H16FNO/c1-7-3-9(6-12-2)4-8(10)5-11(7)9/h7-8H,3-6H2,1-2H3/t7-,8+,9+/m0/s1. The summed E-state index contributed by atoms with van der Waals surface area (Å²) in [5, 5.41) is 0. The Labute approximate surface area is 72.7 Å². The topological polar surface area (TPSA) is 12.5 Å². The van der Waals surface area contributed by atoms with Crippen LogP contribution in [0.1, 0.15) is 19.8 Å². The Bertz CT molecular complexity index is 183. The van der Waals surface area contributed by atoms with Crippen LogP contribution in [0.15, 0.2) is 0 Å². The number of ether oxygens (including phenoxy) is 1. The number of methoxy groups -OCH3 is 1. The summed E-state index contributed by atoms with van der Waals surface area (Å²) in [5.41, 5.74) is 0.0631. The van der Waals surface area contributed by atoms with Crippen molar-refractivity contribution in [1.29, 1.82) is 0 Å². The third kappa shape index (κ3) is 0.995. The minimum Gasteiger partial charge on any atom is -0.383 e. The number of hydrogen-bond acceptors (Lipinski definition) is 2. The number of fused-ring (bicyclic) bond motifs is 1. The van der Waals surface area contributed by atoms with Gasteiger partial charge in [0.2, 0.25) is 0 Å². The molecule has 0 bridgehead atoms. The zero-order chi connectivity index (χ0) is 8.77. The van der Waals surface area contributed by atoms with Crippen molar-refractivity contribution in [3.8, 4) is 0 Å². The first kappa shape index (κ1) is 8.45. The normalized spacial score (nSPS) is 47.2. The van der Waals surface area contributed by atoms with Crippen molar-refractivity contribution < 1.29 is 9.13 Å². The molecule has 2 nitrogen and oxygen atoms in total. The van der Waals surface area contributed by atoms with Crippen molar-refractivity contribution in [1.82, 2.24) is 4.90 Å². The molecule has 0 radical (unpaired) electrons. The van der Waals surface area contributed by atoms with E-state index in [0.717, 1.165) is 6.42 Å². The van der Waals surface area contributed by atoms with Gasteiger partial charge in [0, 0.05) is 31.7 Å². The van der Waals surface area contributed by atoms with Crippen LogP contribution in [0.4, 0.5) is 4.39 Å². The van der Waals surface area contributed by atoms with Gasteiger partial charge in [-0.25, -0.2) is 4.39 Å². The molecule has 3 heteroatoms. The van der Waals surface area contributed by atoms with Gasteiger partial charge in [-0.05, 0) is 13.3 Å². The highest BCUT2D eigenvalue weighted by Gasteiger charge is 2.55. The van der Waals surface area contributed by atoms with Gasteiger partial charge in [0.1, 0.15) is 6.17 Å². The Balaban J connectivity index is 2.06. The maximum Gasteiger partial charge on any atom is 0.115 e. The average Bonchev–Trinajstić information content (AvgIpc) is 2.24. The van der Waals surface area contributed by atoms with E-state index in [1.807, 2.05) is 0 Å². The van der Waals surface area contributed by atoms with Crippen LogP contribution in [0, 0.1) is 0 Å². The fourth-order valence-corrected chi connectivity index (χ4v) is 2.87. The van der Waals surface area contributed by atoms with E-state index in [2.05, 4.69) is 11.8 Å². The molecule has 0 aromatic rings. The second-order valence-corrected chi connectivity index (χ2v) is 4.16. The first-order valence-corrected chi connectivity index (χ1v) is 4.58. The minimum absolute atomic E-state index is 0.0631. The lowest BCUT2D eigenvalue weighted by Gasteiger charge is -2.52. The van der Waals surface area contributed by atoms with Crippen LogP contribution in [0.25, 0.3) is 0 Å². The van der Waals surface area contributed by atoms with Gasteiger partial charge >= 0.3 is 0 Å². The monoisotopic (exact) mass is 173 g/mol. The summed E-state index contributed by atoms with van der Waals surface area (Å²) < 4.78 is 18.2. The third-order valence-corrected chi connectivity index (χ3v) is 3.23. The van der Waals surface area contributed by atoms with E-state index in [4.69, 9.17) is 4.74 Å². The second kappa shape index (κ2) is 2.67. The number of halogens is 1. The number of hydrogen-bond donors (Lipinski definition) is 0. The first-order valence-electron chi connectivity index (χ1n) is 4.58. The van der Waals surface area contributed by atoms with E-state index >= 15 is 0 Å². The van der Waals surface area contributed by atoms with E-state index in [9.17, 15) is 4.39 Å². The van der Waals surface area contributed by atoms with E-state index in [1.54, 1.807) is 7.11 Å². The Hall–Kier alpha value is -0.150. The van der Waals surface area contributed by atoms with Gasteiger partial charge in [-0.3, -0.25) is 4.90 Å². The summed E-state index contributed by atoms with van der Waals surface area (Å²) in [6, 6.07) is 0.556. The first-order chi connectivity index (χ1) is 5.68. The van der Waals surface area contributed by atoms with E-state index < -0.39 is 6.17 Å². The van der Waals surface area contributed by atoms with E-state index in [0.29, 0.717) is 25.6 Å². The van der Waals surface area contributed by atoms with Crippen molar-refractivity contribution >= 4 is 0 Å². The molecule has 0 unspecified atom stereocenters. The number of rotatable bonds is 2. The quantitative estimate of drug-likeness (QED) is 0.622. The highest BCUT2D eigenvalue weighted by atomic mass is 19.1. The molecule has 70 valence electrons. The Morgan fingerprint density at radius 1 is 1.58 bits per heavy atom. The van der Waals surface area contributed by atoms with Crippen LogP contribution in [-0.4, -0.2) is 42.9 Å². The van der Waals surface area contributed by atoms with E-state index in [1.165, 1.54) is 0 Å². The molecule has 2 rings (SSSR count). The molecule has 0 aliphatic carbocycles. The summed E-state index contributed by atoms with van der Waals surface area (Å²) >= 11 is 0. The molecular formula is C9H16FNO. The predicted molar refractivity (Wildman–Crippen MR) is 44.9 cm³/mol. The van der Waals surface area contributed by atoms with Crippen LogP contribution < -0.4 is 0 Å². The molecule has 2 aliphatic rings. The van der Waals surface area contributed by atoms with Gasteiger partial charge in [-0.2, -0.15) is 0 Å². The molecule has 3 atom stereocenters. The zero-order valence-corrected chi connectivity index (χ0v) is 7.72. The van der Waals surface area contributed by atoms with Crippen molar-refractivity contribution in [2.75, 3.05) is 20.3 Å². The van der Waals surface area contributed by atoms with Crippen LogP contribution in [-0.2, 0) is 4.74 Å². The highest BCUT2D eigenvalue weighted by molar-refractivity contribution is 5.10. The molecule has 0 saturated carbocycles. The highest BCUT2D eigenvalue weighted by Crippen LogP contribution is 2.45. The van der Waals surface area contributed by atoms with Gasteiger partial charge < -0.3 is 4.74 Å². The fourth-order valence-electron chi connectivity index (χ4n) is 2.87. The maximum absolute atomic E-state index is 13.1. The number of alkyl halides is 1. The van der Waals surface area contributed by atoms with Crippen LogP contribution in [0.5, 0.6) is 0 Å². The molecule has 2 fully saturated rings. The summed E-state index contributed by atoms with van der Waals surface area (Å²) in [6.07, 6.45) is 1.14. The molecular weight excluding hydrogens is 157 g/mol. The largest absolute Gasteiger partial charge is 0.383 e. The minimum atomic E-state index is -0.634. The van der Waals surface area contributed by atoms with Crippen LogP contribution in [0.2, 0.25) is 0 Å². The van der Waals surface area contributed by atoms with Crippen molar-refractivity contribution in [3.63, 3.8) is 0 Å². The molecule has 0 N–H and O–H groups in total. The van der Waals surface area contributed by atoms with Crippen LogP contribution in [0.3, 0.4) is 0 Å². The Morgan fingerprint density at radius 2 is 2.33 bits per heavy atom. The van der Waals surface area contributed by atoms with Gasteiger partial charge in [0.05, 0.1) is 6.61 Å². The van der Waals surface area contributed by atoms with Crippen molar-refractivity contribution in [3.05, 3.63) is 0 Å². The molecule has 2 heterocycles. The summed E-state index contributed by atoms with van der Waals surface area (Å²) in [6.45, 7) is 3.47. The lowest BCUT2D eigenvalue weighted by Crippen LogP contribution is -2.63. The van der Waals surface area contributed by atoms with Crippen LogP contribution >= 0.6 is 0 Å². The summed E-state index contributed by atoms with van der Waals surface area (Å²) in [4.78, 5) is 2.25. The molecule has 2 saturated heterocycles. The van der Waals surface area contributed by atoms with E-state index in [-0.39, 0.29) is 5.54 Å². The van der Waals surface area contributed by atoms with Gasteiger partial charge in [0.25, 0.3) is 0 Å². The van der Waals surface area contributed by atoms with Crippen molar-refractivity contribution in [2.24, 2.45) is 0 Å². The predicted octanol–water partition coefficient (Wildman–Crippen LogP) is 1.21. The molecule has 12 heavy (non-hydrogen) atoms. The average molecular weight is 173 g/mol. The van der Waals surface area contributed by atoms with Crippen molar-refractivity contribution in [2.45, 2.75) is 37.5 Å². The third-order valence-electron chi connectivity index (χ3n) is 3.23. The molecule has 0 amide bonds. The second-order valence-electron chi connectivity index (χ2n) is 4.16. The Morgan fingerprint density at radius 3 is 2.92 bits per heavy atom. The van der Waals surface area contributed by atoms with Gasteiger partial charge in [-0.1, -0.05) is 0 Å². The smallest absolute Gasteiger partial charge is 0.115 e. The summed E-state index contributed by atoms with van der Waals surface area (Å²) in [5.74, 6) is 0. The lowest BCUT2D eigenvalue weighted by atomic mass is 9.80. The summed E-state index contributed by atoms with van der Waals surface area (Å²) in [7, 11) is 1.70. The Kier molecular flexibility index (Phi) is 1.88. The van der Waals surface area contributed by atoms with Gasteiger partial charge in [0.15, 0.2) is 0 Å². The molecule has 0 aromatic heterocycles. The molecule has 0 spiro atoms.